The number of benzene rings is 1. The molecule has 0 aliphatic carbocycles. The van der Waals surface area contributed by atoms with Gasteiger partial charge in [-0.1, -0.05) is 42.8 Å². The maximum atomic E-state index is 5.87. The maximum Gasteiger partial charge on any atom is 0.0411 e. The van der Waals surface area contributed by atoms with Crippen molar-refractivity contribution in [3.63, 3.8) is 0 Å². The smallest absolute Gasteiger partial charge is 0.0411 e. The van der Waals surface area contributed by atoms with E-state index in [2.05, 4.69) is 31.3 Å². The van der Waals surface area contributed by atoms with Gasteiger partial charge in [-0.25, -0.2) is 0 Å². The number of nitrogens with one attached hydrogen (secondary N) is 1. The van der Waals surface area contributed by atoms with Gasteiger partial charge in [0, 0.05) is 11.1 Å². The molecule has 14 heavy (non-hydrogen) atoms. The Morgan fingerprint density at radius 3 is 2.93 bits per heavy atom. The summed E-state index contributed by atoms with van der Waals surface area (Å²) >= 11 is 5.87. The summed E-state index contributed by atoms with van der Waals surface area (Å²) in [6.07, 6.45) is 4.22. The highest BCUT2D eigenvalue weighted by Gasteiger charge is 1.93. The Morgan fingerprint density at radius 2 is 2.29 bits per heavy atom. The Bertz CT molecular complexity index is 307. The van der Waals surface area contributed by atoms with Gasteiger partial charge >= 0.3 is 0 Å². The molecular formula is C12H16ClN. The molecule has 1 rings (SSSR count). The topological polar surface area (TPSA) is 12.0 Å². The molecule has 0 saturated carbocycles. The van der Waals surface area contributed by atoms with E-state index in [-0.39, 0.29) is 0 Å². The number of hydrogen-bond donors (Lipinski definition) is 1. The summed E-state index contributed by atoms with van der Waals surface area (Å²) in [6.45, 7) is 5.22. The van der Waals surface area contributed by atoms with Gasteiger partial charge in [-0.15, -0.1) is 0 Å². The molecule has 0 bridgehead atoms. The molecule has 0 aromatic heterocycles. The average Bonchev–Trinajstić information content (AvgIpc) is 2.15. The molecule has 1 N–H and O–H groups in total. The zero-order chi connectivity index (χ0) is 10.4. The van der Waals surface area contributed by atoms with Crippen LogP contribution in [0.1, 0.15) is 19.4 Å². The molecule has 0 fully saturated rings. The first-order valence-electron chi connectivity index (χ1n) is 4.89. The molecule has 0 radical (unpaired) electrons. The number of halogens is 1. The van der Waals surface area contributed by atoms with Crippen molar-refractivity contribution in [2.24, 2.45) is 0 Å². The summed E-state index contributed by atoms with van der Waals surface area (Å²) in [5.74, 6) is 0. The zero-order valence-electron chi connectivity index (χ0n) is 8.63. The van der Waals surface area contributed by atoms with E-state index in [9.17, 15) is 0 Å². The molecule has 1 aromatic carbocycles. The van der Waals surface area contributed by atoms with Gasteiger partial charge in [0.25, 0.3) is 0 Å². The molecule has 76 valence electrons. The first-order chi connectivity index (χ1) is 6.72. The van der Waals surface area contributed by atoms with Crippen molar-refractivity contribution >= 4 is 17.7 Å². The van der Waals surface area contributed by atoms with Crippen LogP contribution >= 0.6 is 11.6 Å². The highest BCUT2D eigenvalue weighted by molar-refractivity contribution is 6.30. The van der Waals surface area contributed by atoms with Gasteiger partial charge in [0.15, 0.2) is 0 Å². The molecular weight excluding hydrogens is 194 g/mol. The fourth-order valence-electron chi connectivity index (χ4n) is 1.26. The Hall–Kier alpha value is -0.790. The van der Waals surface area contributed by atoms with Crippen LogP contribution in [0.4, 0.5) is 0 Å². The molecule has 0 amide bonds. The Balaban J connectivity index is 2.59. The van der Waals surface area contributed by atoms with E-state index in [0.29, 0.717) is 6.04 Å². The van der Waals surface area contributed by atoms with Crippen LogP contribution in [0.5, 0.6) is 0 Å². The second-order valence-electron chi connectivity index (χ2n) is 3.26. The standard InChI is InChI=1S/C12H16ClN/c1-3-14-10(2)7-8-11-5-4-6-12(13)9-11/h4-10,14H,3H2,1-2H3/b8-7+. The normalized spacial score (nSPS) is 13.4. The average molecular weight is 210 g/mol. The largest absolute Gasteiger partial charge is 0.311 e. The third-order valence-corrected chi connectivity index (χ3v) is 2.19. The van der Waals surface area contributed by atoms with Crippen LogP contribution in [-0.2, 0) is 0 Å². The fourth-order valence-corrected chi connectivity index (χ4v) is 1.45. The lowest BCUT2D eigenvalue weighted by atomic mass is 10.2. The van der Waals surface area contributed by atoms with Crippen LogP contribution in [0.2, 0.25) is 5.02 Å². The van der Waals surface area contributed by atoms with Crippen LogP contribution in [-0.4, -0.2) is 12.6 Å². The van der Waals surface area contributed by atoms with E-state index in [1.165, 1.54) is 0 Å². The molecule has 1 aromatic rings. The van der Waals surface area contributed by atoms with Crippen molar-refractivity contribution in [3.8, 4) is 0 Å². The summed E-state index contributed by atoms with van der Waals surface area (Å²) < 4.78 is 0. The zero-order valence-corrected chi connectivity index (χ0v) is 9.38. The molecule has 0 aliphatic heterocycles. The second-order valence-corrected chi connectivity index (χ2v) is 3.70. The molecule has 0 heterocycles. The van der Waals surface area contributed by atoms with Gasteiger partial charge in [0.2, 0.25) is 0 Å². The van der Waals surface area contributed by atoms with Crippen molar-refractivity contribution < 1.29 is 0 Å². The second kappa shape index (κ2) is 5.84. The highest BCUT2D eigenvalue weighted by atomic mass is 35.5. The van der Waals surface area contributed by atoms with E-state index in [1.54, 1.807) is 0 Å². The fraction of sp³-hybridized carbons (Fsp3) is 0.333. The SMILES string of the molecule is CCNC(C)/C=C/c1cccc(Cl)c1. The minimum atomic E-state index is 0.402. The first-order valence-corrected chi connectivity index (χ1v) is 5.27. The minimum Gasteiger partial charge on any atom is -0.311 e. The van der Waals surface area contributed by atoms with Crippen LogP contribution in [0, 0.1) is 0 Å². The quantitative estimate of drug-likeness (QED) is 0.802. The van der Waals surface area contributed by atoms with E-state index >= 15 is 0 Å². The lowest BCUT2D eigenvalue weighted by Gasteiger charge is -2.05. The van der Waals surface area contributed by atoms with Crippen LogP contribution in [0.15, 0.2) is 30.3 Å². The van der Waals surface area contributed by atoms with Gasteiger partial charge in [-0.3, -0.25) is 0 Å². The summed E-state index contributed by atoms with van der Waals surface area (Å²) in [4.78, 5) is 0. The highest BCUT2D eigenvalue weighted by Crippen LogP contribution is 2.11. The lowest BCUT2D eigenvalue weighted by Crippen LogP contribution is -2.22. The summed E-state index contributed by atoms with van der Waals surface area (Å²) in [5.41, 5.74) is 1.14. The Morgan fingerprint density at radius 1 is 1.50 bits per heavy atom. The molecule has 0 saturated heterocycles. The predicted molar refractivity (Wildman–Crippen MR) is 63.6 cm³/mol. The van der Waals surface area contributed by atoms with Gasteiger partial charge < -0.3 is 5.32 Å². The monoisotopic (exact) mass is 209 g/mol. The molecule has 2 heteroatoms. The molecule has 1 unspecified atom stereocenters. The van der Waals surface area contributed by atoms with Gasteiger partial charge in [0.1, 0.15) is 0 Å². The van der Waals surface area contributed by atoms with E-state index < -0.39 is 0 Å². The van der Waals surface area contributed by atoms with E-state index in [0.717, 1.165) is 17.1 Å². The predicted octanol–water partition coefficient (Wildman–Crippen LogP) is 3.35. The number of likely N-dealkylation sites (N-methyl/N-ethyl adjacent to an activating group) is 1. The summed E-state index contributed by atoms with van der Waals surface area (Å²) in [7, 11) is 0. The van der Waals surface area contributed by atoms with Crippen molar-refractivity contribution in [1.29, 1.82) is 0 Å². The maximum absolute atomic E-state index is 5.87. The van der Waals surface area contributed by atoms with E-state index in [4.69, 9.17) is 11.6 Å². The van der Waals surface area contributed by atoms with E-state index in [1.807, 2.05) is 24.3 Å². The third kappa shape index (κ3) is 3.95. The minimum absolute atomic E-state index is 0.402. The summed E-state index contributed by atoms with van der Waals surface area (Å²) in [5, 5.41) is 4.09. The Kier molecular flexibility index (Phi) is 4.71. The first kappa shape index (κ1) is 11.3. The number of rotatable bonds is 4. The van der Waals surface area contributed by atoms with Gasteiger partial charge in [-0.2, -0.15) is 0 Å². The number of hydrogen-bond acceptors (Lipinski definition) is 1. The summed E-state index contributed by atoms with van der Waals surface area (Å²) in [6, 6.07) is 8.24. The van der Waals surface area contributed by atoms with Crippen molar-refractivity contribution in [3.05, 3.63) is 40.9 Å². The molecule has 0 aliphatic rings. The van der Waals surface area contributed by atoms with Crippen molar-refractivity contribution in [2.45, 2.75) is 19.9 Å². The molecule has 1 nitrogen and oxygen atoms in total. The van der Waals surface area contributed by atoms with Crippen LogP contribution in [0.25, 0.3) is 6.08 Å². The lowest BCUT2D eigenvalue weighted by molar-refractivity contribution is 0.663. The van der Waals surface area contributed by atoms with Crippen LogP contribution in [0.3, 0.4) is 0 Å². The Labute approximate surface area is 90.8 Å². The third-order valence-electron chi connectivity index (χ3n) is 1.95. The van der Waals surface area contributed by atoms with Crippen molar-refractivity contribution in [1.82, 2.24) is 5.32 Å². The van der Waals surface area contributed by atoms with Gasteiger partial charge in [0.05, 0.1) is 0 Å². The van der Waals surface area contributed by atoms with Crippen molar-refractivity contribution in [2.75, 3.05) is 6.54 Å². The molecule has 1 atom stereocenters. The van der Waals surface area contributed by atoms with Gasteiger partial charge in [-0.05, 0) is 31.2 Å². The van der Waals surface area contributed by atoms with Crippen LogP contribution < -0.4 is 5.32 Å². The molecule has 0 spiro atoms.